The lowest BCUT2D eigenvalue weighted by molar-refractivity contribution is -0.0586. The van der Waals surface area contributed by atoms with E-state index >= 15 is 0 Å². The minimum absolute atomic E-state index is 0.0814. The van der Waals surface area contributed by atoms with Gasteiger partial charge in [-0.3, -0.25) is 4.18 Å². The van der Waals surface area contributed by atoms with E-state index < -0.39 is 21.7 Å². The van der Waals surface area contributed by atoms with E-state index in [2.05, 4.69) is 4.18 Å². The zero-order valence-corrected chi connectivity index (χ0v) is 9.07. The van der Waals surface area contributed by atoms with Crippen LogP contribution >= 0.6 is 0 Å². The van der Waals surface area contributed by atoms with Crippen molar-refractivity contribution in [3.8, 4) is 0 Å². The van der Waals surface area contributed by atoms with Gasteiger partial charge in [-0.1, -0.05) is 12.8 Å². The number of hydrogen-bond acceptors (Lipinski definition) is 3. The average Bonchev–Trinajstić information content (AvgIpc) is 2.51. The van der Waals surface area contributed by atoms with Crippen LogP contribution in [0.1, 0.15) is 32.6 Å². The molecule has 15 heavy (non-hydrogen) atoms. The van der Waals surface area contributed by atoms with Crippen molar-refractivity contribution in [1.82, 2.24) is 0 Å². The molecule has 0 aromatic heterocycles. The van der Waals surface area contributed by atoms with Crippen LogP contribution in [-0.2, 0) is 14.3 Å². The fraction of sp³-hybridized carbons (Fsp3) is 1.00. The summed E-state index contributed by atoms with van der Waals surface area (Å²) in [5.41, 5.74) is -5.32. The molecule has 1 aliphatic rings. The van der Waals surface area contributed by atoms with Crippen LogP contribution in [0.4, 0.5) is 13.2 Å². The van der Waals surface area contributed by atoms with Crippen LogP contribution in [0, 0.1) is 5.92 Å². The molecule has 0 radical (unpaired) electrons. The molecule has 90 valence electrons. The number of alkyl halides is 3. The number of rotatable bonds is 3. The highest BCUT2D eigenvalue weighted by atomic mass is 32.2. The lowest BCUT2D eigenvalue weighted by Gasteiger charge is -2.19. The van der Waals surface area contributed by atoms with Gasteiger partial charge in [-0.25, -0.2) is 0 Å². The van der Waals surface area contributed by atoms with Crippen molar-refractivity contribution >= 4 is 10.1 Å². The summed E-state index contributed by atoms with van der Waals surface area (Å²) in [7, 11) is -5.43. The van der Waals surface area contributed by atoms with E-state index in [1.807, 2.05) is 0 Å². The molecule has 0 aliphatic heterocycles. The Morgan fingerprint density at radius 1 is 1.27 bits per heavy atom. The van der Waals surface area contributed by atoms with Gasteiger partial charge in [-0.2, -0.15) is 21.6 Å². The molecule has 1 atom stereocenters. The predicted molar refractivity (Wildman–Crippen MR) is 47.5 cm³/mol. The summed E-state index contributed by atoms with van der Waals surface area (Å²) in [6.45, 7) is 1.37. The molecule has 7 heteroatoms. The smallest absolute Gasteiger partial charge is 0.260 e. The normalized spacial score (nSPS) is 21.9. The van der Waals surface area contributed by atoms with E-state index in [0.717, 1.165) is 25.7 Å². The van der Waals surface area contributed by atoms with Crippen molar-refractivity contribution in [3.05, 3.63) is 0 Å². The molecule has 1 unspecified atom stereocenters. The molecule has 0 spiro atoms. The Bertz CT molecular complexity index is 304. The Labute approximate surface area is 86.7 Å². The standard InChI is InChI=1S/C8H13F3O3S/c1-6(7-4-2-3-5-7)14-15(12,13)8(9,10)11/h6-7H,2-5H2,1H3. The Morgan fingerprint density at radius 3 is 2.13 bits per heavy atom. The highest BCUT2D eigenvalue weighted by molar-refractivity contribution is 7.87. The van der Waals surface area contributed by atoms with Gasteiger partial charge in [0, 0.05) is 0 Å². The fourth-order valence-electron chi connectivity index (χ4n) is 1.76. The van der Waals surface area contributed by atoms with Crippen LogP contribution < -0.4 is 0 Å². The molecule has 0 amide bonds. The molecule has 1 saturated carbocycles. The lowest BCUT2D eigenvalue weighted by Crippen LogP contribution is -2.31. The number of halogens is 3. The highest BCUT2D eigenvalue weighted by Crippen LogP contribution is 2.33. The van der Waals surface area contributed by atoms with Gasteiger partial charge in [0.1, 0.15) is 0 Å². The molecule has 0 aromatic carbocycles. The molecule has 0 aromatic rings. The van der Waals surface area contributed by atoms with E-state index in [4.69, 9.17) is 0 Å². The van der Waals surface area contributed by atoms with Gasteiger partial charge in [0.2, 0.25) is 0 Å². The van der Waals surface area contributed by atoms with Crippen molar-refractivity contribution < 1.29 is 25.8 Å². The second kappa shape index (κ2) is 4.29. The van der Waals surface area contributed by atoms with Crippen molar-refractivity contribution in [3.63, 3.8) is 0 Å². The van der Waals surface area contributed by atoms with Crippen LogP contribution in [0.25, 0.3) is 0 Å². The zero-order chi connectivity index (χ0) is 11.7. The maximum Gasteiger partial charge on any atom is 0.523 e. The van der Waals surface area contributed by atoms with Gasteiger partial charge in [0.15, 0.2) is 0 Å². The second-order valence-electron chi connectivity index (χ2n) is 3.75. The van der Waals surface area contributed by atoms with Crippen LogP contribution in [-0.4, -0.2) is 20.0 Å². The minimum atomic E-state index is -5.43. The molecule has 1 fully saturated rings. The van der Waals surface area contributed by atoms with E-state index in [0.29, 0.717) is 0 Å². The molecule has 0 heterocycles. The maximum absolute atomic E-state index is 12.0. The van der Waals surface area contributed by atoms with Gasteiger partial charge in [-0.15, -0.1) is 0 Å². The molecular weight excluding hydrogens is 233 g/mol. The summed E-state index contributed by atoms with van der Waals surface area (Å²) >= 11 is 0. The van der Waals surface area contributed by atoms with Gasteiger partial charge in [0.25, 0.3) is 0 Å². The molecule has 0 bridgehead atoms. The first-order valence-electron chi connectivity index (χ1n) is 4.73. The maximum atomic E-state index is 12.0. The van der Waals surface area contributed by atoms with Gasteiger partial charge >= 0.3 is 15.6 Å². The monoisotopic (exact) mass is 246 g/mol. The first kappa shape index (κ1) is 12.8. The summed E-state index contributed by atoms with van der Waals surface area (Å²) < 4.78 is 61.4. The average molecular weight is 246 g/mol. The number of hydrogen-bond donors (Lipinski definition) is 0. The van der Waals surface area contributed by atoms with Crippen molar-refractivity contribution in [2.24, 2.45) is 5.92 Å². The van der Waals surface area contributed by atoms with Crippen molar-refractivity contribution in [2.75, 3.05) is 0 Å². The topological polar surface area (TPSA) is 43.4 Å². The van der Waals surface area contributed by atoms with E-state index in [1.54, 1.807) is 0 Å². The third-order valence-corrected chi connectivity index (χ3v) is 3.75. The molecule has 1 aliphatic carbocycles. The van der Waals surface area contributed by atoms with Crippen LogP contribution in [0.3, 0.4) is 0 Å². The second-order valence-corrected chi connectivity index (χ2v) is 5.31. The van der Waals surface area contributed by atoms with Crippen LogP contribution in [0.2, 0.25) is 0 Å². The predicted octanol–water partition coefficient (Wildman–Crippen LogP) is 2.43. The lowest BCUT2D eigenvalue weighted by atomic mass is 10.0. The minimum Gasteiger partial charge on any atom is -0.260 e. The Kier molecular flexibility index (Phi) is 3.65. The third-order valence-electron chi connectivity index (χ3n) is 2.63. The third kappa shape index (κ3) is 3.07. The fourth-order valence-corrected chi connectivity index (χ4v) is 2.43. The van der Waals surface area contributed by atoms with Gasteiger partial charge in [-0.05, 0) is 25.7 Å². The van der Waals surface area contributed by atoms with Gasteiger partial charge < -0.3 is 0 Å². The summed E-state index contributed by atoms with van der Waals surface area (Å²) in [5, 5.41) is 0. The summed E-state index contributed by atoms with van der Waals surface area (Å²) in [6.07, 6.45) is 2.41. The largest absolute Gasteiger partial charge is 0.523 e. The summed E-state index contributed by atoms with van der Waals surface area (Å²) in [5.74, 6) is -0.0814. The molecule has 0 N–H and O–H groups in total. The van der Waals surface area contributed by atoms with Crippen LogP contribution in [0.5, 0.6) is 0 Å². The quantitative estimate of drug-likeness (QED) is 0.567. The molecule has 3 nitrogen and oxygen atoms in total. The van der Waals surface area contributed by atoms with Crippen molar-refractivity contribution in [2.45, 2.75) is 44.2 Å². The molecule has 0 saturated heterocycles. The zero-order valence-electron chi connectivity index (χ0n) is 8.25. The first-order valence-corrected chi connectivity index (χ1v) is 6.14. The van der Waals surface area contributed by atoms with Crippen molar-refractivity contribution in [1.29, 1.82) is 0 Å². The Hall–Kier alpha value is -0.300. The highest BCUT2D eigenvalue weighted by Gasteiger charge is 2.48. The SMILES string of the molecule is CC(OS(=O)(=O)C(F)(F)F)C1CCCC1. The van der Waals surface area contributed by atoms with E-state index in [-0.39, 0.29) is 5.92 Å². The Morgan fingerprint density at radius 2 is 1.73 bits per heavy atom. The van der Waals surface area contributed by atoms with Gasteiger partial charge in [0.05, 0.1) is 6.10 Å². The molecular formula is C8H13F3O3S. The first-order chi connectivity index (χ1) is 6.74. The Balaban J connectivity index is 2.61. The van der Waals surface area contributed by atoms with E-state index in [1.165, 1.54) is 6.92 Å². The summed E-state index contributed by atoms with van der Waals surface area (Å²) in [4.78, 5) is 0. The van der Waals surface area contributed by atoms with Crippen LogP contribution in [0.15, 0.2) is 0 Å². The molecule has 1 rings (SSSR count). The van der Waals surface area contributed by atoms with E-state index in [9.17, 15) is 21.6 Å². The summed E-state index contributed by atoms with van der Waals surface area (Å²) in [6, 6.07) is 0.